The molecular formula is C26H27NO8. The Morgan fingerprint density at radius 1 is 1.09 bits per heavy atom. The fourth-order valence-electron chi connectivity index (χ4n) is 5.22. The van der Waals surface area contributed by atoms with Crippen molar-refractivity contribution in [2.75, 3.05) is 0 Å². The van der Waals surface area contributed by atoms with Crippen LogP contribution >= 0.6 is 0 Å². The number of ketones is 2. The molecule has 3 aliphatic rings. The number of fused-ring (bicyclic) bond motifs is 3. The number of aliphatic hydroxyl groups is 1. The molecule has 1 aliphatic heterocycles. The fraction of sp³-hybridized carbons (Fsp3) is 0.385. The summed E-state index contributed by atoms with van der Waals surface area (Å²) in [6.07, 6.45) is -0.144. The lowest BCUT2D eigenvalue weighted by molar-refractivity contribution is -0.240. The smallest absolute Gasteiger partial charge is 0.202 e. The summed E-state index contributed by atoms with van der Waals surface area (Å²) >= 11 is 0. The molecule has 0 aromatic heterocycles. The number of phenolic OH excluding ortho intramolecular Hbond substituents is 3. The van der Waals surface area contributed by atoms with Crippen LogP contribution in [0, 0.1) is 0 Å². The summed E-state index contributed by atoms with van der Waals surface area (Å²) in [5, 5.41) is 42.9. The molecule has 0 radical (unpaired) electrons. The van der Waals surface area contributed by atoms with Crippen molar-refractivity contribution in [1.29, 1.82) is 0 Å². The zero-order valence-electron chi connectivity index (χ0n) is 19.3. The van der Waals surface area contributed by atoms with Crippen LogP contribution in [0.1, 0.15) is 82.2 Å². The Balaban J connectivity index is 1.65. The molecule has 2 aliphatic carbocycles. The number of aromatic hydroxyl groups is 3. The topological polar surface area (TPSA) is 160 Å². The zero-order valence-corrected chi connectivity index (χ0v) is 19.3. The van der Waals surface area contributed by atoms with E-state index in [0.717, 1.165) is 5.57 Å². The van der Waals surface area contributed by atoms with Crippen LogP contribution in [0.15, 0.2) is 23.8 Å². The highest BCUT2D eigenvalue weighted by molar-refractivity contribution is 6.31. The Hall–Kier alpha value is -3.24. The van der Waals surface area contributed by atoms with Gasteiger partial charge in [0, 0.05) is 29.2 Å². The van der Waals surface area contributed by atoms with E-state index in [1.807, 2.05) is 6.92 Å². The van der Waals surface area contributed by atoms with E-state index in [0.29, 0.717) is 12.8 Å². The molecule has 9 nitrogen and oxygen atoms in total. The Morgan fingerprint density at radius 2 is 1.80 bits per heavy atom. The van der Waals surface area contributed by atoms with Gasteiger partial charge in [-0.15, -0.1) is 0 Å². The van der Waals surface area contributed by atoms with Crippen molar-refractivity contribution in [3.8, 4) is 17.2 Å². The molecule has 2 aromatic carbocycles. The van der Waals surface area contributed by atoms with E-state index in [4.69, 9.17) is 15.2 Å². The molecule has 35 heavy (non-hydrogen) atoms. The van der Waals surface area contributed by atoms with Gasteiger partial charge in [-0.05, 0) is 25.8 Å². The first-order valence-electron chi connectivity index (χ1n) is 11.6. The number of benzene rings is 2. The number of nitrogens with two attached hydrogens (primary N) is 1. The maximum Gasteiger partial charge on any atom is 0.202 e. The highest BCUT2D eigenvalue weighted by atomic mass is 16.7. The number of carbonyl (C=O) groups is 2. The van der Waals surface area contributed by atoms with Gasteiger partial charge in [0.25, 0.3) is 0 Å². The number of aliphatic hydroxyl groups excluding tert-OH is 1. The highest BCUT2D eigenvalue weighted by Gasteiger charge is 2.42. The summed E-state index contributed by atoms with van der Waals surface area (Å²) in [4.78, 5) is 26.6. The van der Waals surface area contributed by atoms with E-state index < -0.39 is 53.7 Å². The maximum absolute atomic E-state index is 13.4. The maximum atomic E-state index is 13.4. The quantitative estimate of drug-likeness (QED) is 0.354. The van der Waals surface area contributed by atoms with Crippen molar-refractivity contribution >= 4 is 17.6 Å². The van der Waals surface area contributed by atoms with Crippen molar-refractivity contribution in [2.45, 2.75) is 63.8 Å². The Labute approximate surface area is 201 Å². The first kappa shape index (κ1) is 23.5. The van der Waals surface area contributed by atoms with Crippen molar-refractivity contribution in [3.63, 3.8) is 0 Å². The number of hydrogen-bond acceptors (Lipinski definition) is 9. The lowest BCUT2D eigenvalue weighted by atomic mass is 9.77. The molecule has 0 saturated carbocycles. The van der Waals surface area contributed by atoms with E-state index >= 15 is 0 Å². The van der Waals surface area contributed by atoms with Crippen LogP contribution in [0.3, 0.4) is 0 Å². The van der Waals surface area contributed by atoms with Crippen LogP contribution < -0.4 is 5.73 Å². The van der Waals surface area contributed by atoms with E-state index in [-0.39, 0.29) is 45.6 Å². The lowest BCUT2D eigenvalue weighted by Crippen LogP contribution is -2.51. The van der Waals surface area contributed by atoms with Crippen LogP contribution in [-0.4, -0.2) is 56.5 Å². The monoisotopic (exact) mass is 481 g/mol. The number of phenols is 3. The second-order valence-electron chi connectivity index (χ2n) is 9.28. The summed E-state index contributed by atoms with van der Waals surface area (Å²) < 4.78 is 12.0. The van der Waals surface area contributed by atoms with Crippen molar-refractivity contribution in [2.24, 2.45) is 5.73 Å². The van der Waals surface area contributed by atoms with Crippen LogP contribution in [-0.2, 0) is 9.47 Å². The Kier molecular flexibility index (Phi) is 5.68. The van der Waals surface area contributed by atoms with Crippen LogP contribution in [0.25, 0.3) is 6.08 Å². The number of ether oxygens (including phenoxy) is 2. The third-order valence-corrected chi connectivity index (χ3v) is 7.13. The molecule has 0 bridgehead atoms. The predicted octanol–water partition coefficient (Wildman–Crippen LogP) is 2.66. The molecule has 1 unspecified atom stereocenters. The van der Waals surface area contributed by atoms with Gasteiger partial charge < -0.3 is 35.6 Å². The molecule has 0 amide bonds. The van der Waals surface area contributed by atoms with Gasteiger partial charge in [0.05, 0.1) is 35.0 Å². The molecule has 6 N–H and O–H groups in total. The summed E-state index contributed by atoms with van der Waals surface area (Å²) in [6, 6.07) is 3.54. The average molecular weight is 482 g/mol. The van der Waals surface area contributed by atoms with E-state index in [1.54, 1.807) is 13.0 Å². The number of carbonyl (C=O) groups excluding carboxylic acids is 2. The summed E-state index contributed by atoms with van der Waals surface area (Å²) in [7, 11) is 0. The first-order chi connectivity index (χ1) is 16.6. The normalized spacial score (nSPS) is 27.7. The third kappa shape index (κ3) is 3.54. The van der Waals surface area contributed by atoms with E-state index in [1.165, 1.54) is 18.2 Å². The van der Waals surface area contributed by atoms with Gasteiger partial charge in [0.1, 0.15) is 17.2 Å². The zero-order chi connectivity index (χ0) is 25.2. The van der Waals surface area contributed by atoms with Gasteiger partial charge in [-0.25, -0.2) is 0 Å². The SMILES string of the molecule is CCC1=Cc2c(O)c3c(c(O)c2C(O[C@H]2C[C@H](N)[C@H](O)[C@H](C)O2)C1)C(=O)c1c(O)cccc1C3=O. The standard InChI is InChI=1S/C26H27NO8/c1-3-11-7-13-19(16(8-11)35-17-9-14(27)22(29)10(2)34-17)26(33)21-20(24(13)31)23(30)12-5-4-6-15(28)18(12)25(21)32/h4-7,10,14,16-17,22,28-29,31,33H,3,8-9,27H2,1-2H3/t10-,14-,16?,17-,22+/m0/s1. The molecule has 184 valence electrons. The highest BCUT2D eigenvalue weighted by Crippen LogP contribution is 2.51. The molecule has 1 saturated heterocycles. The molecular weight excluding hydrogens is 454 g/mol. The van der Waals surface area contributed by atoms with Crippen LogP contribution in [0.2, 0.25) is 0 Å². The minimum absolute atomic E-state index is 0.0439. The second kappa shape index (κ2) is 8.46. The Bertz CT molecular complexity index is 1270. The molecule has 9 heteroatoms. The van der Waals surface area contributed by atoms with Gasteiger partial charge in [0.2, 0.25) is 5.78 Å². The minimum Gasteiger partial charge on any atom is -0.507 e. The molecule has 1 heterocycles. The first-order valence-corrected chi connectivity index (χ1v) is 11.6. The summed E-state index contributed by atoms with van der Waals surface area (Å²) in [6.45, 7) is 3.61. The van der Waals surface area contributed by atoms with Crippen LogP contribution in [0.4, 0.5) is 0 Å². The summed E-state index contributed by atoms with van der Waals surface area (Å²) in [5.41, 5.74) is 6.36. The van der Waals surface area contributed by atoms with E-state index in [9.17, 15) is 30.0 Å². The van der Waals surface area contributed by atoms with Gasteiger partial charge in [-0.3, -0.25) is 9.59 Å². The minimum atomic E-state index is -0.847. The van der Waals surface area contributed by atoms with Gasteiger partial charge in [-0.2, -0.15) is 0 Å². The van der Waals surface area contributed by atoms with Crippen LogP contribution in [0.5, 0.6) is 17.2 Å². The van der Waals surface area contributed by atoms with Gasteiger partial charge >= 0.3 is 0 Å². The van der Waals surface area contributed by atoms with Gasteiger partial charge in [0.15, 0.2) is 12.1 Å². The molecule has 2 aromatic rings. The Morgan fingerprint density at radius 3 is 2.49 bits per heavy atom. The largest absolute Gasteiger partial charge is 0.507 e. The third-order valence-electron chi connectivity index (χ3n) is 7.13. The average Bonchev–Trinajstić information content (AvgIpc) is 2.82. The lowest BCUT2D eigenvalue weighted by Gasteiger charge is -2.39. The van der Waals surface area contributed by atoms with Crippen molar-refractivity contribution < 1.29 is 39.5 Å². The summed E-state index contributed by atoms with van der Waals surface area (Å²) in [5.74, 6) is -2.73. The molecule has 5 atom stereocenters. The molecule has 5 rings (SSSR count). The second-order valence-corrected chi connectivity index (χ2v) is 9.28. The predicted molar refractivity (Wildman–Crippen MR) is 124 cm³/mol. The number of hydrogen-bond donors (Lipinski definition) is 5. The number of rotatable bonds is 3. The van der Waals surface area contributed by atoms with Crippen molar-refractivity contribution in [1.82, 2.24) is 0 Å². The van der Waals surface area contributed by atoms with Crippen molar-refractivity contribution in [3.05, 3.63) is 57.2 Å². The molecule has 1 fully saturated rings. The fourth-order valence-corrected chi connectivity index (χ4v) is 5.22. The van der Waals surface area contributed by atoms with E-state index in [2.05, 4.69) is 0 Å². The van der Waals surface area contributed by atoms with Gasteiger partial charge in [-0.1, -0.05) is 30.7 Å². The molecule has 0 spiro atoms.